The van der Waals surface area contributed by atoms with Crippen LogP contribution in [-0.2, 0) is 4.74 Å². The van der Waals surface area contributed by atoms with E-state index in [2.05, 4.69) is 22.5 Å². The van der Waals surface area contributed by atoms with E-state index < -0.39 is 0 Å². The maximum atomic E-state index is 5.59. The number of hydrogen-bond donors (Lipinski definition) is 2. The number of hydrogen-bond acceptors (Lipinski definition) is 2. The summed E-state index contributed by atoms with van der Waals surface area (Å²) in [5, 5.41) is 7.03. The average molecular weight is 309 g/mol. The van der Waals surface area contributed by atoms with Crippen LogP contribution in [0.4, 0.5) is 0 Å². The monoisotopic (exact) mass is 309 g/mol. The van der Waals surface area contributed by atoms with Gasteiger partial charge in [0, 0.05) is 33.4 Å². The summed E-state index contributed by atoms with van der Waals surface area (Å²) in [5.74, 6) is 2.00. The van der Waals surface area contributed by atoms with Crippen LogP contribution in [0.25, 0.3) is 0 Å². The minimum absolute atomic E-state index is 0.417. The van der Waals surface area contributed by atoms with Gasteiger partial charge in [-0.25, -0.2) is 0 Å². The van der Waals surface area contributed by atoms with Gasteiger partial charge in [-0.05, 0) is 50.4 Å². The molecule has 0 aromatic heterocycles. The molecule has 0 bridgehead atoms. The molecule has 2 saturated carbocycles. The number of nitrogens with one attached hydrogen (secondary N) is 2. The molecule has 22 heavy (non-hydrogen) atoms. The number of ether oxygens (including phenoxy) is 1. The van der Waals surface area contributed by atoms with Crippen molar-refractivity contribution in [3.63, 3.8) is 0 Å². The van der Waals surface area contributed by atoms with E-state index in [1.807, 2.05) is 7.05 Å². The Hall–Kier alpha value is -0.770. The number of nitrogens with zero attached hydrogens (tertiary/aromatic N) is 1. The first-order valence-corrected chi connectivity index (χ1v) is 9.30. The Labute approximate surface area is 136 Å². The standard InChI is InChI=1S/C18H35N3O/c1-3-22-14-12-18(10-4-5-11-18)15-21-17(19-2)20-13-6-7-16-8-9-16/h16H,3-15H2,1-2H3,(H2,19,20,21). The van der Waals surface area contributed by atoms with E-state index in [1.54, 1.807) is 0 Å². The normalized spacial score (nSPS) is 21.1. The zero-order chi connectivity index (χ0) is 15.7. The van der Waals surface area contributed by atoms with Crippen LogP contribution in [-0.4, -0.2) is 39.3 Å². The van der Waals surface area contributed by atoms with Crippen molar-refractivity contribution in [3.8, 4) is 0 Å². The Morgan fingerprint density at radius 2 is 2.00 bits per heavy atom. The van der Waals surface area contributed by atoms with Crippen LogP contribution >= 0.6 is 0 Å². The van der Waals surface area contributed by atoms with Crippen molar-refractivity contribution < 1.29 is 4.74 Å². The molecule has 128 valence electrons. The first kappa shape index (κ1) is 17.6. The molecule has 2 rings (SSSR count). The van der Waals surface area contributed by atoms with Crippen molar-refractivity contribution in [2.24, 2.45) is 16.3 Å². The predicted molar refractivity (Wildman–Crippen MR) is 93.3 cm³/mol. The highest BCUT2D eigenvalue weighted by molar-refractivity contribution is 5.79. The number of rotatable bonds is 10. The highest BCUT2D eigenvalue weighted by Crippen LogP contribution is 2.40. The molecule has 0 heterocycles. The van der Waals surface area contributed by atoms with E-state index in [0.717, 1.165) is 38.2 Å². The van der Waals surface area contributed by atoms with Crippen LogP contribution < -0.4 is 10.6 Å². The van der Waals surface area contributed by atoms with Gasteiger partial charge in [0.1, 0.15) is 0 Å². The van der Waals surface area contributed by atoms with Crippen molar-refractivity contribution in [1.29, 1.82) is 0 Å². The molecule has 0 aromatic rings. The summed E-state index contributed by atoms with van der Waals surface area (Å²) < 4.78 is 5.59. The second-order valence-corrected chi connectivity index (χ2v) is 7.09. The second kappa shape index (κ2) is 9.39. The Morgan fingerprint density at radius 3 is 2.64 bits per heavy atom. The van der Waals surface area contributed by atoms with E-state index in [1.165, 1.54) is 57.8 Å². The lowest BCUT2D eigenvalue weighted by Gasteiger charge is -2.30. The van der Waals surface area contributed by atoms with Crippen molar-refractivity contribution in [2.45, 2.75) is 64.7 Å². The molecule has 0 aliphatic heterocycles. The Balaban J connectivity index is 1.66. The van der Waals surface area contributed by atoms with Crippen molar-refractivity contribution in [1.82, 2.24) is 10.6 Å². The summed E-state index contributed by atoms with van der Waals surface area (Å²) in [6.07, 6.45) is 12.1. The van der Waals surface area contributed by atoms with Gasteiger partial charge in [0.25, 0.3) is 0 Å². The quantitative estimate of drug-likeness (QED) is 0.370. The predicted octanol–water partition coefficient (Wildman–Crippen LogP) is 3.33. The molecule has 4 nitrogen and oxygen atoms in total. The van der Waals surface area contributed by atoms with E-state index >= 15 is 0 Å². The molecule has 2 aliphatic rings. The third kappa shape index (κ3) is 6.15. The summed E-state index contributed by atoms with van der Waals surface area (Å²) in [6, 6.07) is 0. The van der Waals surface area contributed by atoms with Crippen LogP contribution in [0.3, 0.4) is 0 Å². The molecule has 2 aliphatic carbocycles. The van der Waals surface area contributed by atoms with Gasteiger partial charge in [0.05, 0.1) is 0 Å². The van der Waals surface area contributed by atoms with Gasteiger partial charge in [0.2, 0.25) is 0 Å². The summed E-state index contributed by atoms with van der Waals surface area (Å²) in [6.45, 7) is 5.87. The second-order valence-electron chi connectivity index (χ2n) is 7.09. The lowest BCUT2D eigenvalue weighted by molar-refractivity contribution is 0.105. The topological polar surface area (TPSA) is 45.6 Å². The minimum Gasteiger partial charge on any atom is -0.382 e. The third-order valence-corrected chi connectivity index (χ3v) is 5.28. The van der Waals surface area contributed by atoms with Crippen LogP contribution in [0.15, 0.2) is 4.99 Å². The van der Waals surface area contributed by atoms with Gasteiger partial charge in [-0.15, -0.1) is 0 Å². The zero-order valence-corrected chi connectivity index (χ0v) is 14.6. The summed E-state index contributed by atoms with van der Waals surface area (Å²) in [4.78, 5) is 4.37. The maximum Gasteiger partial charge on any atom is 0.190 e. The smallest absolute Gasteiger partial charge is 0.190 e. The molecule has 0 radical (unpaired) electrons. The van der Waals surface area contributed by atoms with Crippen LogP contribution in [0, 0.1) is 11.3 Å². The molecule has 0 saturated heterocycles. The Bertz CT molecular complexity index is 333. The molecule has 0 unspecified atom stereocenters. The van der Waals surface area contributed by atoms with Gasteiger partial charge in [-0.2, -0.15) is 0 Å². The fourth-order valence-corrected chi connectivity index (χ4v) is 3.57. The van der Waals surface area contributed by atoms with E-state index in [0.29, 0.717) is 5.41 Å². The zero-order valence-electron chi connectivity index (χ0n) is 14.6. The fourth-order valence-electron chi connectivity index (χ4n) is 3.57. The van der Waals surface area contributed by atoms with Gasteiger partial charge in [-0.3, -0.25) is 4.99 Å². The van der Waals surface area contributed by atoms with Gasteiger partial charge in [-0.1, -0.05) is 25.7 Å². The van der Waals surface area contributed by atoms with Crippen molar-refractivity contribution in [2.75, 3.05) is 33.4 Å². The van der Waals surface area contributed by atoms with Crippen LogP contribution in [0.2, 0.25) is 0 Å². The summed E-state index contributed by atoms with van der Waals surface area (Å²) in [7, 11) is 1.87. The average Bonchev–Trinajstić information content (AvgIpc) is 3.25. The lowest BCUT2D eigenvalue weighted by Crippen LogP contribution is -2.43. The molecular formula is C18H35N3O. The molecule has 2 fully saturated rings. The third-order valence-electron chi connectivity index (χ3n) is 5.28. The largest absolute Gasteiger partial charge is 0.382 e. The molecular weight excluding hydrogens is 274 g/mol. The fraction of sp³-hybridized carbons (Fsp3) is 0.944. The first-order chi connectivity index (χ1) is 10.8. The maximum absolute atomic E-state index is 5.59. The number of guanidine groups is 1. The van der Waals surface area contributed by atoms with Gasteiger partial charge >= 0.3 is 0 Å². The summed E-state index contributed by atoms with van der Waals surface area (Å²) in [5.41, 5.74) is 0.417. The molecule has 2 N–H and O–H groups in total. The Kier molecular flexibility index (Phi) is 7.50. The van der Waals surface area contributed by atoms with Crippen molar-refractivity contribution >= 4 is 5.96 Å². The summed E-state index contributed by atoms with van der Waals surface area (Å²) >= 11 is 0. The highest BCUT2D eigenvalue weighted by Gasteiger charge is 2.33. The van der Waals surface area contributed by atoms with Crippen molar-refractivity contribution in [3.05, 3.63) is 0 Å². The SMILES string of the molecule is CCOCCC1(CNC(=NC)NCCCC2CC2)CCCC1. The minimum atomic E-state index is 0.417. The number of aliphatic imine (C=N–C) groups is 1. The van der Waals surface area contributed by atoms with Crippen LogP contribution in [0.5, 0.6) is 0 Å². The van der Waals surface area contributed by atoms with E-state index in [9.17, 15) is 0 Å². The van der Waals surface area contributed by atoms with E-state index in [-0.39, 0.29) is 0 Å². The molecule has 0 spiro atoms. The first-order valence-electron chi connectivity index (χ1n) is 9.30. The van der Waals surface area contributed by atoms with Gasteiger partial charge < -0.3 is 15.4 Å². The molecule has 0 aromatic carbocycles. The van der Waals surface area contributed by atoms with Crippen LogP contribution in [0.1, 0.15) is 64.7 Å². The lowest BCUT2D eigenvalue weighted by atomic mass is 9.83. The Morgan fingerprint density at radius 1 is 1.23 bits per heavy atom. The molecule has 4 heteroatoms. The highest BCUT2D eigenvalue weighted by atomic mass is 16.5. The van der Waals surface area contributed by atoms with E-state index in [4.69, 9.17) is 4.74 Å². The van der Waals surface area contributed by atoms with Gasteiger partial charge in [0.15, 0.2) is 5.96 Å². The molecule has 0 amide bonds. The molecule has 0 atom stereocenters.